The maximum absolute atomic E-state index is 13.2. The van der Waals surface area contributed by atoms with Gasteiger partial charge in [-0.1, -0.05) is 23.4 Å². The standard InChI is InChI=1S/C17H20ClNO5S2/c1-9-5-4-8-19(9,17(23)24)16(22)10(2)15(25-11(3)20)14(21)12-6-7-13(18)26-12/h6-7,9-10,15H,4-5,8H2,1-3H3/p+1/t9-,10?,15?,19?/m1/s1. The molecule has 1 aromatic heterocycles. The first-order chi connectivity index (χ1) is 12.1. The van der Waals surface area contributed by atoms with Crippen LogP contribution in [0.2, 0.25) is 4.34 Å². The fraction of sp³-hybridized carbons (Fsp3) is 0.529. The second kappa shape index (κ2) is 8.21. The highest BCUT2D eigenvalue weighted by atomic mass is 35.5. The van der Waals surface area contributed by atoms with Crippen LogP contribution in [0.5, 0.6) is 0 Å². The Hall–Kier alpha value is -1.22. The molecule has 2 amide bonds. The molecule has 1 N–H and O–H groups in total. The Morgan fingerprint density at radius 3 is 2.42 bits per heavy atom. The summed E-state index contributed by atoms with van der Waals surface area (Å²) in [6.07, 6.45) is 0.0549. The van der Waals surface area contributed by atoms with Gasteiger partial charge in [0.1, 0.15) is 6.04 Å². The summed E-state index contributed by atoms with van der Waals surface area (Å²) in [5.41, 5.74) is 0. The summed E-state index contributed by atoms with van der Waals surface area (Å²) in [5.74, 6) is -1.83. The van der Waals surface area contributed by atoms with Crippen LogP contribution in [0.1, 0.15) is 43.3 Å². The molecule has 26 heavy (non-hydrogen) atoms. The molecule has 0 saturated carbocycles. The number of halogens is 1. The normalized spacial score (nSPS) is 24.8. The highest BCUT2D eigenvalue weighted by molar-refractivity contribution is 8.14. The van der Waals surface area contributed by atoms with Crippen LogP contribution >= 0.6 is 34.7 Å². The van der Waals surface area contributed by atoms with Gasteiger partial charge in [-0.05, 0) is 26.0 Å². The Morgan fingerprint density at radius 2 is 2.00 bits per heavy atom. The summed E-state index contributed by atoms with van der Waals surface area (Å²) in [6.45, 7) is 4.80. The quantitative estimate of drug-likeness (QED) is 0.572. The van der Waals surface area contributed by atoms with Crippen LogP contribution in [0.25, 0.3) is 0 Å². The highest BCUT2D eigenvalue weighted by Gasteiger charge is 2.56. The minimum absolute atomic E-state index is 0.205. The second-order valence-electron chi connectivity index (χ2n) is 6.49. The molecule has 0 aromatic carbocycles. The number of imide groups is 1. The molecule has 0 spiro atoms. The summed E-state index contributed by atoms with van der Waals surface area (Å²) >= 11 is 7.74. The zero-order valence-electron chi connectivity index (χ0n) is 14.7. The average molecular weight is 419 g/mol. The largest absolute Gasteiger partial charge is 0.521 e. The van der Waals surface area contributed by atoms with E-state index in [0.717, 1.165) is 23.1 Å². The van der Waals surface area contributed by atoms with Crippen molar-refractivity contribution in [2.45, 2.75) is 44.9 Å². The van der Waals surface area contributed by atoms with E-state index in [0.29, 0.717) is 22.1 Å². The fourth-order valence-corrected chi connectivity index (χ4v) is 5.43. The lowest BCUT2D eigenvalue weighted by molar-refractivity contribution is -0.794. The minimum atomic E-state index is -1.20. The third kappa shape index (κ3) is 3.88. The Balaban J connectivity index is 2.38. The summed E-state index contributed by atoms with van der Waals surface area (Å²) in [4.78, 5) is 50.0. The molecule has 4 atom stereocenters. The van der Waals surface area contributed by atoms with Gasteiger partial charge in [0.05, 0.1) is 26.9 Å². The number of carbonyl (C=O) groups is 4. The maximum atomic E-state index is 13.2. The van der Waals surface area contributed by atoms with E-state index in [1.54, 1.807) is 19.1 Å². The molecule has 0 radical (unpaired) electrons. The third-order valence-corrected chi connectivity index (χ3v) is 7.28. The molecule has 0 aliphatic carbocycles. The predicted molar refractivity (Wildman–Crippen MR) is 102 cm³/mol. The number of amides is 2. The number of hydrogen-bond donors (Lipinski definition) is 1. The number of thiophene rings is 1. The minimum Gasteiger partial charge on any atom is -0.435 e. The van der Waals surface area contributed by atoms with Crippen LogP contribution in [0.15, 0.2) is 12.1 Å². The molecule has 6 nitrogen and oxygen atoms in total. The van der Waals surface area contributed by atoms with Crippen LogP contribution in [-0.4, -0.2) is 50.3 Å². The monoisotopic (exact) mass is 418 g/mol. The number of carbonyl (C=O) groups excluding carboxylic acids is 3. The van der Waals surface area contributed by atoms with Gasteiger partial charge in [0.15, 0.2) is 10.9 Å². The zero-order valence-corrected chi connectivity index (χ0v) is 17.1. The molecule has 3 unspecified atom stereocenters. The van der Waals surface area contributed by atoms with Crippen molar-refractivity contribution < 1.29 is 28.8 Å². The van der Waals surface area contributed by atoms with Crippen molar-refractivity contribution in [1.82, 2.24) is 0 Å². The number of nitrogens with zero attached hydrogens (tertiary/aromatic N) is 1. The topological polar surface area (TPSA) is 88.5 Å². The van der Waals surface area contributed by atoms with Crippen molar-refractivity contribution in [3.8, 4) is 0 Å². The van der Waals surface area contributed by atoms with Crippen molar-refractivity contribution in [1.29, 1.82) is 0 Å². The van der Waals surface area contributed by atoms with E-state index in [1.807, 2.05) is 0 Å². The fourth-order valence-electron chi connectivity index (χ4n) is 3.42. The number of hydrogen-bond acceptors (Lipinski definition) is 6. The van der Waals surface area contributed by atoms with E-state index < -0.39 is 27.7 Å². The number of quaternary nitrogens is 1. The smallest absolute Gasteiger partial charge is 0.435 e. The van der Waals surface area contributed by atoms with Crippen molar-refractivity contribution in [3.05, 3.63) is 21.3 Å². The first-order valence-corrected chi connectivity index (χ1v) is 10.3. The number of thioether (sulfide) groups is 1. The van der Waals surface area contributed by atoms with Crippen LogP contribution in [0, 0.1) is 5.92 Å². The van der Waals surface area contributed by atoms with Gasteiger partial charge in [0.25, 0.3) is 0 Å². The molecule has 142 valence electrons. The SMILES string of the molecule is CC(=O)SC(C(=O)c1ccc(Cl)s1)C(C)C(=O)[N+]1(C(=O)O)CCC[C@H]1C. The van der Waals surface area contributed by atoms with E-state index >= 15 is 0 Å². The molecule has 9 heteroatoms. The summed E-state index contributed by atoms with van der Waals surface area (Å²) < 4.78 is -0.254. The predicted octanol–water partition coefficient (Wildman–Crippen LogP) is 4.07. The average Bonchev–Trinajstić information content (AvgIpc) is 3.17. The van der Waals surface area contributed by atoms with Gasteiger partial charge in [0, 0.05) is 19.8 Å². The molecule has 0 bridgehead atoms. The Bertz CT molecular complexity index is 749. The lowest BCUT2D eigenvalue weighted by Crippen LogP contribution is -2.61. The summed E-state index contributed by atoms with van der Waals surface area (Å²) in [5, 5.41) is 8.47. The summed E-state index contributed by atoms with van der Waals surface area (Å²) in [6, 6.07) is 2.77. The number of ketones is 1. The molecule has 2 heterocycles. The van der Waals surface area contributed by atoms with Crippen LogP contribution in [0.4, 0.5) is 4.79 Å². The van der Waals surface area contributed by atoms with E-state index in [2.05, 4.69) is 0 Å². The Morgan fingerprint density at radius 1 is 1.35 bits per heavy atom. The molecule has 1 saturated heterocycles. The van der Waals surface area contributed by atoms with Gasteiger partial charge in [-0.2, -0.15) is 9.28 Å². The van der Waals surface area contributed by atoms with Crippen LogP contribution in [-0.2, 0) is 9.59 Å². The van der Waals surface area contributed by atoms with E-state index in [-0.39, 0.29) is 23.5 Å². The van der Waals surface area contributed by atoms with Gasteiger partial charge in [-0.25, -0.2) is 4.79 Å². The van der Waals surface area contributed by atoms with Gasteiger partial charge in [-0.3, -0.25) is 9.59 Å². The maximum Gasteiger partial charge on any atom is 0.521 e. The lowest BCUT2D eigenvalue weighted by atomic mass is 9.99. The van der Waals surface area contributed by atoms with Crippen molar-refractivity contribution >= 4 is 57.6 Å². The van der Waals surface area contributed by atoms with Crippen LogP contribution in [0.3, 0.4) is 0 Å². The third-order valence-electron chi connectivity index (χ3n) is 4.83. The molecule has 1 aromatic rings. The van der Waals surface area contributed by atoms with Gasteiger partial charge >= 0.3 is 12.0 Å². The van der Waals surface area contributed by atoms with Crippen LogP contribution < -0.4 is 0 Å². The zero-order chi connectivity index (χ0) is 19.6. The Labute approximate surface area is 165 Å². The highest BCUT2D eigenvalue weighted by Crippen LogP contribution is 2.35. The molecule has 2 rings (SSSR count). The lowest BCUT2D eigenvalue weighted by Gasteiger charge is -2.33. The number of likely N-dealkylation sites (tertiary alicyclic amines) is 1. The first kappa shape index (κ1) is 21.1. The second-order valence-corrected chi connectivity index (χ2v) is 9.52. The van der Waals surface area contributed by atoms with E-state index in [9.17, 15) is 24.3 Å². The van der Waals surface area contributed by atoms with Gasteiger partial charge in [-0.15, -0.1) is 11.3 Å². The van der Waals surface area contributed by atoms with Gasteiger partial charge in [0.2, 0.25) is 0 Å². The van der Waals surface area contributed by atoms with Crippen molar-refractivity contribution in [2.75, 3.05) is 6.54 Å². The molecular formula is C17H21ClNO5S2+. The van der Waals surface area contributed by atoms with E-state index in [4.69, 9.17) is 11.6 Å². The van der Waals surface area contributed by atoms with Gasteiger partial charge < -0.3 is 5.11 Å². The molecule has 1 aliphatic heterocycles. The summed E-state index contributed by atoms with van der Waals surface area (Å²) in [7, 11) is 0. The molecular weight excluding hydrogens is 398 g/mol. The van der Waals surface area contributed by atoms with Crippen molar-refractivity contribution in [3.63, 3.8) is 0 Å². The van der Waals surface area contributed by atoms with Crippen molar-refractivity contribution in [2.24, 2.45) is 5.92 Å². The number of rotatable bonds is 5. The number of carboxylic acid groups (broad SMARTS) is 1. The molecule has 1 aliphatic rings. The number of Topliss-reactive ketones (excluding diaryl/α,β-unsaturated/α-hetero) is 1. The van der Waals surface area contributed by atoms with E-state index in [1.165, 1.54) is 13.8 Å². The molecule has 1 fully saturated rings. The Kier molecular flexibility index (Phi) is 6.65. The first-order valence-electron chi connectivity index (χ1n) is 8.23.